The van der Waals surface area contributed by atoms with E-state index < -0.39 is 21.8 Å². The molecule has 2 N–H and O–H groups in total. The Bertz CT molecular complexity index is 762. The molecule has 2 aromatic rings. The molecule has 2 rings (SSSR count). The summed E-state index contributed by atoms with van der Waals surface area (Å²) >= 11 is 0. The summed E-state index contributed by atoms with van der Waals surface area (Å²) in [6.45, 7) is 0. The lowest BCUT2D eigenvalue weighted by Gasteiger charge is -2.08. The molecule has 1 aromatic carbocycles. The van der Waals surface area contributed by atoms with E-state index in [1.54, 1.807) is 0 Å². The van der Waals surface area contributed by atoms with Crippen LogP contribution in [0.3, 0.4) is 0 Å². The van der Waals surface area contributed by atoms with Crippen LogP contribution in [0.2, 0.25) is 0 Å². The number of carboxylic acids is 1. The van der Waals surface area contributed by atoms with Crippen LogP contribution in [0.4, 0.5) is 10.1 Å². The topological polar surface area (TPSA) is 96.4 Å². The number of benzene rings is 1. The number of hydrogen-bond donors (Lipinski definition) is 2. The van der Waals surface area contributed by atoms with E-state index in [4.69, 9.17) is 5.11 Å². The van der Waals surface area contributed by atoms with Gasteiger partial charge >= 0.3 is 5.97 Å². The summed E-state index contributed by atoms with van der Waals surface area (Å²) in [6, 6.07) is 5.92. The monoisotopic (exact) mass is 296 g/mol. The quantitative estimate of drug-likeness (QED) is 0.895. The predicted octanol–water partition coefficient (Wildman–Crippen LogP) is 1.72. The van der Waals surface area contributed by atoms with Gasteiger partial charge in [0.15, 0.2) is 5.82 Å². The Labute approximate surface area is 114 Å². The number of nitrogens with one attached hydrogen (secondary N) is 1. The molecule has 6 nitrogen and oxygen atoms in total. The molecule has 0 aliphatic rings. The third kappa shape index (κ3) is 2.91. The zero-order valence-corrected chi connectivity index (χ0v) is 10.8. The summed E-state index contributed by atoms with van der Waals surface area (Å²) < 4.78 is 39.5. The Morgan fingerprint density at radius 1 is 1.30 bits per heavy atom. The molecule has 0 radical (unpaired) electrons. The number of halogens is 1. The fourth-order valence-corrected chi connectivity index (χ4v) is 2.57. The van der Waals surface area contributed by atoms with E-state index in [0.29, 0.717) is 0 Å². The summed E-state index contributed by atoms with van der Waals surface area (Å²) in [4.78, 5) is 14.0. The number of pyridine rings is 1. The van der Waals surface area contributed by atoms with E-state index in [0.717, 1.165) is 18.3 Å². The van der Waals surface area contributed by atoms with Crippen LogP contribution in [-0.4, -0.2) is 24.5 Å². The van der Waals surface area contributed by atoms with Crippen LogP contribution >= 0.6 is 0 Å². The summed E-state index contributed by atoms with van der Waals surface area (Å²) in [6.07, 6.45) is 2.10. The van der Waals surface area contributed by atoms with E-state index in [2.05, 4.69) is 4.98 Å². The molecular formula is C12H9FN2O4S. The summed E-state index contributed by atoms with van der Waals surface area (Å²) in [5, 5.41) is 8.83. The minimum atomic E-state index is -4.07. The average Bonchev–Trinajstić information content (AvgIpc) is 2.41. The highest BCUT2D eigenvalue weighted by Crippen LogP contribution is 2.18. The molecule has 1 aromatic heterocycles. The zero-order valence-electron chi connectivity index (χ0n) is 9.95. The van der Waals surface area contributed by atoms with Crippen molar-refractivity contribution in [3.05, 3.63) is 54.1 Å². The Kier molecular flexibility index (Phi) is 3.66. The SMILES string of the molecule is O=C(O)c1cccc(S(=O)(=O)Nc2ccncc2F)c1. The lowest BCUT2D eigenvalue weighted by Crippen LogP contribution is -2.14. The van der Waals surface area contributed by atoms with Crippen molar-refractivity contribution in [3.8, 4) is 0 Å². The average molecular weight is 296 g/mol. The molecule has 1 heterocycles. The van der Waals surface area contributed by atoms with Gasteiger partial charge in [-0.2, -0.15) is 0 Å². The lowest BCUT2D eigenvalue weighted by molar-refractivity contribution is 0.0696. The van der Waals surface area contributed by atoms with Crippen LogP contribution in [0, 0.1) is 5.82 Å². The molecule has 0 unspecified atom stereocenters. The highest BCUT2D eigenvalue weighted by atomic mass is 32.2. The van der Waals surface area contributed by atoms with Crippen molar-refractivity contribution in [2.75, 3.05) is 4.72 Å². The molecule has 0 aliphatic heterocycles. The first-order valence-corrected chi connectivity index (χ1v) is 6.84. The van der Waals surface area contributed by atoms with Gasteiger partial charge in [0.25, 0.3) is 10.0 Å². The van der Waals surface area contributed by atoms with Gasteiger partial charge in [0.1, 0.15) is 0 Å². The number of aromatic nitrogens is 1. The number of hydrogen-bond acceptors (Lipinski definition) is 4. The van der Waals surface area contributed by atoms with Crippen molar-refractivity contribution in [1.82, 2.24) is 4.98 Å². The van der Waals surface area contributed by atoms with Gasteiger partial charge in [-0.1, -0.05) is 6.07 Å². The number of carbonyl (C=O) groups is 1. The van der Waals surface area contributed by atoms with Crippen molar-refractivity contribution in [2.24, 2.45) is 0 Å². The van der Waals surface area contributed by atoms with Crippen LogP contribution in [0.5, 0.6) is 0 Å². The number of sulfonamides is 1. The van der Waals surface area contributed by atoms with Crippen LogP contribution in [0.1, 0.15) is 10.4 Å². The first-order chi connectivity index (χ1) is 9.40. The molecule has 8 heteroatoms. The van der Waals surface area contributed by atoms with E-state index in [-0.39, 0.29) is 16.1 Å². The first-order valence-electron chi connectivity index (χ1n) is 5.36. The number of aromatic carboxylic acids is 1. The van der Waals surface area contributed by atoms with Gasteiger partial charge < -0.3 is 5.11 Å². The summed E-state index contributed by atoms with van der Waals surface area (Å²) in [7, 11) is -4.07. The maximum Gasteiger partial charge on any atom is 0.335 e. The fraction of sp³-hybridized carbons (Fsp3) is 0. The number of rotatable bonds is 4. The molecule has 0 spiro atoms. The van der Waals surface area contributed by atoms with E-state index in [1.165, 1.54) is 24.4 Å². The maximum atomic E-state index is 13.4. The van der Waals surface area contributed by atoms with Crippen LogP contribution in [0.15, 0.2) is 47.6 Å². The van der Waals surface area contributed by atoms with Crippen molar-refractivity contribution in [1.29, 1.82) is 0 Å². The fourth-order valence-electron chi connectivity index (χ4n) is 1.46. The third-order valence-corrected chi connectivity index (χ3v) is 3.77. The second kappa shape index (κ2) is 5.25. The van der Waals surface area contributed by atoms with Gasteiger partial charge in [0.05, 0.1) is 22.3 Å². The molecule has 0 saturated heterocycles. The van der Waals surface area contributed by atoms with Gasteiger partial charge in [-0.15, -0.1) is 0 Å². The Morgan fingerprint density at radius 2 is 2.05 bits per heavy atom. The molecular weight excluding hydrogens is 287 g/mol. The highest BCUT2D eigenvalue weighted by Gasteiger charge is 2.17. The standard InChI is InChI=1S/C12H9FN2O4S/c13-10-7-14-5-4-11(10)15-20(18,19)9-3-1-2-8(6-9)12(16)17/h1-7H,(H,14,15)(H,16,17). The Hall–Kier alpha value is -2.48. The molecule has 0 saturated carbocycles. The molecule has 104 valence electrons. The van der Waals surface area contributed by atoms with E-state index in [1.807, 2.05) is 4.72 Å². The van der Waals surface area contributed by atoms with Gasteiger partial charge in [0, 0.05) is 6.20 Å². The third-order valence-electron chi connectivity index (χ3n) is 2.41. The second-order valence-electron chi connectivity index (χ2n) is 3.79. The molecule has 0 bridgehead atoms. The zero-order chi connectivity index (χ0) is 14.8. The van der Waals surface area contributed by atoms with E-state index in [9.17, 15) is 17.6 Å². The van der Waals surface area contributed by atoms with Crippen LogP contribution < -0.4 is 4.72 Å². The summed E-state index contributed by atoms with van der Waals surface area (Å²) in [5.74, 6) is -2.08. The van der Waals surface area contributed by atoms with E-state index >= 15 is 0 Å². The normalized spacial score (nSPS) is 11.1. The molecule has 0 aliphatic carbocycles. The van der Waals surface area contributed by atoms with Gasteiger partial charge in [-0.25, -0.2) is 17.6 Å². The molecule has 0 atom stereocenters. The number of anilines is 1. The smallest absolute Gasteiger partial charge is 0.335 e. The predicted molar refractivity (Wildman–Crippen MR) is 68.4 cm³/mol. The Balaban J connectivity index is 2.38. The van der Waals surface area contributed by atoms with Gasteiger partial charge in [-0.05, 0) is 24.3 Å². The van der Waals surface area contributed by atoms with Crippen LogP contribution in [-0.2, 0) is 10.0 Å². The molecule has 20 heavy (non-hydrogen) atoms. The Morgan fingerprint density at radius 3 is 2.70 bits per heavy atom. The largest absolute Gasteiger partial charge is 0.478 e. The van der Waals surface area contributed by atoms with Crippen LogP contribution in [0.25, 0.3) is 0 Å². The lowest BCUT2D eigenvalue weighted by atomic mass is 10.2. The van der Waals surface area contributed by atoms with Gasteiger partial charge in [0.2, 0.25) is 0 Å². The maximum absolute atomic E-state index is 13.4. The second-order valence-corrected chi connectivity index (χ2v) is 5.48. The van der Waals surface area contributed by atoms with Crippen molar-refractivity contribution in [3.63, 3.8) is 0 Å². The minimum Gasteiger partial charge on any atom is -0.478 e. The summed E-state index contributed by atoms with van der Waals surface area (Å²) in [5.41, 5.74) is -0.441. The van der Waals surface area contributed by atoms with Gasteiger partial charge in [-0.3, -0.25) is 9.71 Å². The number of carboxylic acid groups (broad SMARTS) is 1. The van der Waals surface area contributed by atoms with Crippen molar-refractivity contribution < 1.29 is 22.7 Å². The van der Waals surface area contributed by atoms with Crippen molar-refractivity contribution >= 4 is 21.7 Å². The first kappa shape index (κ1) is 13.9. The minimum absolute atomic E-state index is 0.178. The molecule has 0 fully saturated rings. The highest BCUT2D eigenvalue weighted by molar-refractivity contribution is 7.92. The molecule has 0 amide bonds. The number of nitrogens with zero attached hydrogens (tertiary/aromatic N) is 1. The van der Waals surface area contributed by atoms with Crippen molar-refractivity contribution in [2.45, 2.75) is 4.90 Å².